The van der Waals surface area contributed by atoms with Gasteiger partial charge in [0.05, 0.1) is 34.6 Å². The number of sulfonamides is 2. The van der Waals surface area contributed by atoms with Crippen LogP contribution in [0.5, 0.6) is 0 Å². The Balaban J connectivity index is 1.38. The maximum atomic E-state index is 12.6. The van der Waals surface area contributed by atoms with E-state index in [2.05, 4.69) is 10.0 Å². The Kier molecular flexibility index (Phi) is 7.96. The fraction of sp³-hybridized carbons (Fsp3) is 0.208. The molecule has 0 radical (unpaired) electrons. The number of carbonyl (C=O) groups excluding carboxylic acids is 1. The number of benzene rings is 3. The molecule has 0 aliphatic carbocycles. The van der Waals surface area contributed by atoms with Crippen LogP contribution < -0.4 is 10.0 Å². The number of rotatable bonds is 8. The average Bonchev–Trinajstić information content (AvgIpc) is 2.86. The molecule has 0 atom stereocenters. The number of amides is 1. The summed E-state index contributed by atoms with van der Waals surface area (Å²) >= 11 is 6.02. The van der Waals surface area contributed by atoms with Crippen molar-refractivity contribution in [3.8, 4) is 0 Å². The lowest BCUT2D eigenvalue weighted by atomic mass is 10.1. The molecule has 1 amide bonds. The van der Waals surface area contributed by atoms with Crippen LogP contribution >= 0.6 is 11.6 Å². The van der Waals surface area contributed by atoms with Crippen LogP contribution in [0.2, 0.25) is 5.02 Å². The van der Waals surface area contributed by atoms with E-state index >= 15 is 0 Å². The van der Waals surface area contributed by atoms with Crippen molar-refractivity contribution in [1.82, 2.24) is 4.31 Å². The molecular weight excluding hydrogens is 526 g/mol. The van der Waals surface area contributed by atoms with Crippen molar-refractivity contribution in [1.29, 1.82) is 0 Å². The van der Waals surface area contributed by atoms with Gasteiger partial charge in [-0.1, -0.05) is 35.9 Å². The van der Waals surface area contributed by atoms with Gasteiger partial charge in [0.25, 0.3) is 15.9 Å². The van der Waals surface area contributed by atoms with E-state index in [1.807, 2.05) is 0 Å². The van der Waals surface area contributed by atoms with E-state index in [0.717, 1.165) is 0 Å². The van der Waals surface area contributed by atoms with Gasteiger partial charge in [-0.05, 0) is 54.1 Å². The molecule has 2 N–H and O–H groups in total. The van der Waals surface area contributed by atoms with Crippen molar-refractivity contribution in [3.05, 3.63) is 88.9 Å². The number of halogens is 1. The Morgan fingerprint density at radius 1 is 0.889 bits per heavy atom. The van der Waals surface area contributed by atoms with Gasteiger partial charge in [0.2, 0.25) is 10.0 Å². The monoisotopic (exact) mass is 549 g/mol. The second kappa shape index (κ2) is 11.0. The van der Waals surface area contributed by atoms with Crippen LogP contribution in [0.3, 0.4) is 0 Å². The largest absolute Gasteiger partial charge is 0.379 e. The number of hydrogen-bond acceptors (Lipinski definition) is 6. The molecule has 1 fully saturated rings. The van der Waals surface area contributed by atoms with Crippen molar-refractivity contribution in [3.63, 3.8) is 0 Å². The third kappa shape index (κ3) is 6.42. The summed E-state index contributed by atoms with van der Waals surface area (Å²) in [6, 6.07) is 18.5. The molecular formula is C24H24ClN3O6S2. The quantitative estimate of drug-likeness (QED) is 0.443. The third-order valence-corrected chi connectivity index (χ3v) is 9.03. The second-order valence-electron chi connectivity index (χ2n) is 8.03. The molecule has 0 bridgehead atoms. The summed E-state index contributed by atoms with van der Waals surface area (Å²) in [6.45, 7) is 1.42. The van der Waals surface area contributed by atoms with E-state index in [-0.39, 0.29) is 21.4 Å². The van der Waals surface area contributed by atoms with Gasteiger partial charge in [0, 0.05) is 24.3 Å². The van der Waals surface area contributed by atoms with Gasteiger partial charge in [-0.2, -0.15) is 4.31 Å². The van der Waals surface area contributed by atoms with Gasteiger partial charge in [-0.25, -0.2) is 16.8 Å². The van der Waals surface area contributed by atoms with Crippen LogP contribution in [0.1, 0.15) is 15.9 Å². The molecule has 3 aromatic carbocycles. The summed E-state index contributed by atoms with van der Waals surface area (Å²) < 4.78 is 59.4. The SMILES string of the molecule is O=C(Nc1ccc(S(=O)(=O)Nc2ccccc2Cl)cc1)c1ccc(CS(=O)(=O)N2CCOCC2)cc1. The zero-order chi connectivity index (χ0) is 25.8. The van der Waals surface area contributed by atoms with E-state index in [1.54, 1.807) is 48.5 Å². The molecule has 3 aromatic rings. The fourth-order valence-electron chi connectivity index (χ4n) is 3.55. The molecule has 1 aliphatic heterocycles. The molecule has 0 aromatic heterocycles. The Morgan fingerprint density at radius 2 is 1.53 bits per heavy atom. The Hall–Kier alpha value is -2.96. The predicted octanol–water partition coefficient (Wildman–Crippen LogP) is 3.56. The van der Waals surface area contributed by atoms with Crippen LogP contribution in [0.4, 0.5) is 11.4 Å². The van der Waals surface area contributed by atoms with Crippen molar-refractivity contribution in [2.24, 2.45) is 0 Å². The van der Waals surface area contributed by atoms with E-state index in [0.29, 0.717) is 43.1 Å². The van der Waals surface area contributed by atoms with Crippen molar-refractivity contribution >= 4 is 48.9 Å². The summed E-state index contributed by atoms with van der Waals surface area (Å²) in [7, 11) is -7.33. The molecule has 1 heterocycles. The molecule has 1 aliphatic rings. The van der Waals surface area contributed by atoms with Crippen molar-refractivity contribution in [2.75, 3.05) is 36.3 Å². The highest BCUT2D eigenvalue weighted by Crippen LogP contribution is 2.24. The minimum Gasteiger partial charge on any atom is -0.379 e. The highest BCUT2D eigenvalue weighted by molar-refractivity contribution is 7.92. The minimum absolute atomic E-state index is 0.00579. The lowest BCUT2D eigenvalue weighted by molar-refractivity contribution is 0.0729. The first-order chi connectivity index (χ1) is 17.1. The number of morpholine rings is 1. The molecule has 0 spiro atoms. The number of ether oxygens (including phenoxy) is 1. The van der Waals surface area contributed by atoms with Gasteiger partial charge >= 0.3 is 0 Å². The summed E-state index contributed by atoms with van der Waals surface area (Å²) in [5.41, 5.74) is 1.56. The number of anilines is 2. The smallest absolute Gasteiger partial charge is 0.261 e. The van der Waals surface area contributed by atoms with Crippen LogP contribution in [0.25, 0.3) is 0 Å². The highest BCUT2D eigenvalue weighted by atomic mass is 35.5. The van der Waals surface area contributed by atoms with Crippen molar-refractivity contribution < 1.29 is 26.4 Å². The third-order valence-electron chi connectivity index (χ3n) is 5.47. The van der Waals surface area contributed by atoms with E-state index in [1.165, 1.54) is 28.6 Å². The normalized spacial score (nSPS) is 14.8. The number of nitrogens with zero attached hydrogens (tertiary/aromatic N) is 1. The fourth-order valence-corrected chi connectivity index (χ4v) is 6.37. The molecule has 12 heteroatoms. The topological polar surface area (TPSA) is 122 Å². The first kappa shape index (κ1) is 26.1. The first-order valence-corrected chi connectivity index (χ1v) is 14.4. The van der Waals surface area contributed by atoms with Crippen LogP contribution in [-0.2, 0) is 30.5 Å². The van der Waals surface area contributed by atoms with E-state index in [9.17, 15) is 21.6 Å². The molecule has 9 nitrogen and oxygen atoms in total. The zero-order valence-electron chi connectivity index (χ0n) is 19.1. The molecule has 4 rings (SSSR count). The van der Waals surface area contributed by atoms with Crippen molar-refractivity contribution in [2.45, 2.75) is 10.6 Å². The average molecular weight is 550 g/mol. The number of para-hydroxylation sites is 1. The molecule has 0 unspecified atom stereocenters. The number of carbonyl (C=O) groups is 1. The second-order valence-corrected chi connectivity index (χ2v) is 12.1. The van der Waals surface area contributed by atoms with E-state index in [4.69, 9.17) is 16.3 Å². The van der Waals surface area contributed by atoms with Gasteiger partial charge in [0.1, 0.15) is 0 Å². The maximum Gasteiger partial charge on any atom is 0.261 e. The standard InChI is InChI=1S/C24H24ClN3O6S2/c25-22-3-1-2-4-23(22)27-36(32,33)21-11-9-20(10-12-21)26-24(29)19-7-5-18(6-8-19)17-35(30,31)28-13-15-34-16-14-28/h1-12,27H,13-17H2,(H,26,29). The molecule has 1 saturated heterocycles. The first-order valence-electron chi connectivity index (χ1n) is 11.0. The maximum absolute atomic E-state index is 12.6. The molecule has 190 valence electrons. The van der Waals surface area contributed by atoms with Gasteiger partial charge in [-0.15, -0.1) is 0 Å². The minimum atomic E-state index is -3.87. The number of nitrogens with one attached hydrogen (secondary N) is 2. The van der Waals surface area contributed by atoms with Gasteiger partial charge < -0.3 is 10.1 Å². The van der Waals surface area contributed by atoms with Gasteiger partial charge in [-0.3, -0.25) is 9.52 Å². The molecule has 0 saturated carbocycles. The Morgan fingerprint density at radius 3 is 2.17 bits per heavy atom. The Bertz CT molecular complexity index is 1440. The zero-order valence-corrected chi connectivity index (χ0v) is 21.4. The summed E-state index contributed by atoms with van der Waals surface area (Å²) in [5.74, 6) is -0.574. The number of hydrogen-bond donors (Lipinski definition) is 2. The predicted molar refractivity (Wildman–Crippen MR) is 138 cm³/mol. The van der Waals surface area contributed by atoms with Gasteiger partial charge in [0.15, 0.2) is 0 Å². The summed E-state index contributed by atoms with van der Waals surface area (Å²) in [4.78, 5) is 12.6. The van der Waals surface area contributed by atoms with Crippen LogP contribution in [0, 0.1) is 0 Å². The Labute approximate surface area is 215 Å². The van der Waals surface area contributed by atoms with Crippen LogP contribution in [-0.4, -0.2) is 53.4 Å². The highest BCUT2D eigenvalue weighted by Gasteiger charge is 2.24. The lowest BCUT2D eigenvalue weighted by Crippen LogP contribution is -2.41. The molecule has 36 heavy (non-hydrogen) atoms. The van der Waals surface area contributed by atoms with E-state index < -0.39 is 26.0 Å². The summed E-state index contributed by atoms with van der Waals surface area (Å²) in [5, 5.41) is 2.97. The summed E-state index contributed by atoms with van der Waals surface area (Å²) in [6.07, 6.45) is 0. The lowest BCUT2D eigenvalue weighted by Gasteiger charge is -2.26. The van der Waals surface area contributed by atoms with Crippen LogP contribution in [0.15, 0.2) is 77.7 Å².